The van der Waals surface area contributed by atoms with E-state index in [9.17, 15) is 0 Å². The third kappa shape index (κ3) is 1.47. The third-order valence-corrected chi connectivity index (χ3v) is 1.09. The average molecular weight is 124 g/mol. The molecule has 0 aromatic carbocycles. The molecule has 1 heterocycles. The highest BCUT2D eigenvalue weighted by Gasteiger charge is 1.96. The van der Waals surface area contributed by atoms with Gasteiger partial charge in [-0.3, -0.25) is 0 Å². The van der Waals surface area contributed by atoms with Crippen molar-refractivity contribution in [1.82, 2.24) is 10.2 Å². The van der Waals surface area contributed by atoms with Crippen molar-refractivity contribution < 1.29 is 5.11 Å². The van der Waals surface area contributed by atoms with Crippen LogP contribution in [-0.4, -0.2) is 15.3 Å². The minimum atomic E-state index is -0.444. The quantitative estimate of drug-likeness (QED) is 0.594. The van der Waals surface area contributed by atoms with Gasteiger partial charge in [-0.2, -0.15) is 10.2 Å². The van der Waals surface area contributed by atoms with Crippen LogP contribution in [0.4, 0.5) is 0 Å². The molecule has 3 heteroatoms. The van der Waals surface area contributed by atoms with Gasteiger partial charge in [-0.25, -0.2) is 0 Å². The lowest BCUT2D eigenvalue weighted by Gasteiger charge is -1.99. The van der Waals surface area contributed by atoms with Gasteiger partial charge in [0, 0.05) is 11.8 Å². The lowest BCUT2D eigenvalue weighted by molar-refractivity contribution is 0.198. The molecule has 0 saturated heterocycles. The van der Waals surface area contributed by atoms with Crippen LogP contribution in [0.2, 0.25) is 0 Å². The molecule has 9 heavy (non-hydrogen) atoms. The average Bonchev–Trinajstić information content (AvgIpc) is 1.90. The first-order valence-electron chi connectivity index (χ1n) is 2.75. The molecule has 1 aromatic heterocycles. The largest absolute Gasteiger partial charge is 0.389 e. The zero-order chi connectivity index (χ0) is 6.69. The highest BCUT2D eigenvalue weighted by Crippen LogP contribution is 2.06. The maximum absolute atomic E-state index is 8.96. The predicted molar refractivity (Wildman–Crippen MR) is 32.7 cm³/mol. The molecule has 0 amide bonds. The van der Waals surface area contributed by atoms with Crippen LogP contribution >= 0.6 is 0 Å². The summed E-state index contributed by atoms with van der Waals surface area (Å²) >= 11 is 0. The van der Waals surface area contributed by atoms with Gasteiger partial charge < -0.3 is 5.11 Å². The van der Waals surface area contributed by atoms with Crippen molar-refractivity contribution in [2.75, 3.05) is 0 Å². The second kappa shape index (κ2) is 2.55. The summed E-state index contributed by atoms with van der Waals surface area (Å²) in [5, 5.41) is 16.1. The molecule has 3 nitrogen and oxygen atoms in total. The molecule has 0 saturated carbocycles. The first-order valence-corrected chi connectivity index (χ1v) is 2.75. The van der Waals surface area contributed by atoms with E-state index in [1.807, 2.05) is 0 Å². The standard InChI is InChI=1S/C6H8N2O/c1-5(9)6-2-3-7-8-4-6/h2-5,9H,1H3. The van der Waals surface area contributed by atoms with E-state index in [1.165, 1.54) is 0 Å². The third-order valence-electron chi connectivity index (χ3n) is 1.09. The van der Waals surface area contributed by atoms with E-state index in [0.29, 0.717) is 0 Å². The van der Waals surface area contributed by atoms with Crippen LogP contribution in [0.25, 0.3) is 0 Å². The van der Waals surface area contributed by atoms with Crippen molar-refractivity contribution in [3.8, 4) is 0 Å². The Labute approximate surface area is 53.4 Å². The van der Waals surface area contributed by atoms with E-state index in [2.05, 4.69) is 10.2 Å². The second-order valence-corrected chi connectivity index (χ2v) is 1.85. The summed E-state index contributed by atoms with van der Waals surface area (Å²) in [6, 6.07) is 1.73. The van der Waals surface area contributed by atoms with Crippen LogP contribution in [0, 0.1) is 0 Å². The Hall–Kier alpha value is -0.960. The highest BCUT2D eigenvalue weighted by molar-refractivity contribution is 5.07. The molecule has 0 aliphatic rings. The number of hydrogen-bond acceptors (Lipinski definition) is 3. The Morgan fingerprint density at radius 2 is 2.33 bits per heavy atom. The monoisotopic (exact) mass is 124 g/mol. The van der Waals surface area contributed by atoms with Gasteiger partial charge in [-0.15, -0.1) is 0 Å². The van der Waals surface area contributed by atoms with Gasteiger partial charge >= 0.3 is 0 Å². The zero-order valence-corrected chi connectivity index (χ0v) is 5.15. The summed E-state index contributed by atoms with van der Waals surface area (Å²) in [5.74, 6) is 0. The fraction of sp³-hybridized carbons (Fsp3) is 0.333. The molecule has 0 bridgehead atoms. The van der Waals surface area contributed by atoms with Crippen molar-refractivity contribution in [2.45, 2.75) is 13.0 Å². The Balaban J connectivity index is 2.85. The molecule has 1 unspecified atom stereocenters. The number of hydrogen-bond donors (Lipinski definition) is 1. The summed E-state index contributed by atoms with van der Waals surface area (Å²) < 4.78 is 0. The van der Waals surface area contributed by atoms with Gasteiger partial charge in [0.2, 0.25) is 0 Å². The maximum Gasteiger partial charge on any atom is 0.0778 e. The van der Waals surface area contributed by atoms with Crippen LogP contribution < -0.4 is 0 Å². The number of rotatable bonds is 1. The first kappa shape index (κ1) is 6.16. The molecule has 48 valence electrons. The van der Waals surface area contributed by atoms with E-state index in [4.69, 9.17) is 5.11 Å². The SMILES string of the molecule is CC(O)c1ccnnc1. The Kier molecular flexibility index (Phi) is 1.75. The van der Waals surface area contributed by atoms with E-state index < -0.39 is 6.10 Å². The lowest BCUT2D eigenvalue weighted by Crippen LogP contribution is -1.91. The fourth-order valence-corrected chi connectivity index (χ4v) is 0.548. The summed E-state index contributed by atoms with van der Waals surface area (Å²) in [4.78, 5) is 0. The zero-order valence-electron chi connectivity index (χ0n) is 5.15. The summed E-state index contributed by atoms with van der Waals surface area (Å²) in [6.45, 7) is 1.69. The van der Waals surface area contributed by atoms with Gasteiger partial charge in [-0.05, 0) is 13.0 Å². The number of aliphatic hydroxyl groups excluding tert-OH is 1. The van der Waals surface area contributed by atoms with Crippen molar-refractivity contribution >= 4 is 0 Å². The summed E-state index contributed by atoms with van der Waals surface area (Å²) in [7, 11) is 0. The van der Waals surface area contributed by atoms with Gasteiger partial charge in [0.25, 0.3) is 0 Å². The second-order valence-electron chi connectivity index (χ2n) is 1.85. The van der Waals surface area contributed by atoms with Crippen molar-refractivity contribution in [3.63, 3.8) is 0 Å². The molecule has 0 fully saturated rings. The highest BCUT2D eigenvalue weighted by atomic mass is 16.3. The molecule has 1 atom stereocenters. The van der Waals surface area contributed by atoms with Crippen molar-refractivity contribution in [1.29, 1.82) is 0 Å². The molecular weight excluding hydrogens is 116 g/mol. The van der Waals surface area contributed by atoms with Crippen molar-refractivity contribution in [2.24, 2.45) is 0 Å². The lowest BCUT2D eigenvalue weighted by atomic mass is 10.2. The molecule has 0 aliphatic carbocycles. The topological polar surface area (TPSA) is 46.0 Å². The molecule has 1 aromatic rings. The smallest absolute Gasteiger partial charge is 0.0778 e. The van der Waals surface area contributed by atoms with Gasteiger partial charge in [-0.1, -0.05) is 0 Å². The number of aromatic nitrogens is 2. The molecule has 1 N–H and O–H groups in total. The fourth-order valence-electron chi connectivity index (χ4n) is 0.548. The summed E-state index contributed by atoms with van der Waals surface area (Å²) in [5.41, 5.74) is 0.796. The van der Waals surface area contributed by atoms with Gasteiger partial charge in [0.1, 0.15) is 0 Å². The maximum atomic E-state index is 8.96. The van der Waals surface area contributed by atoms with E-state index >= 15 is 0 Å². The van der Waals surface area contributed by atoms with Crippen LogP contribution in [-0.2, 0) is 0 Å². The van der Waals surface area contributed by atoms with Gasteiger partial charge in [0.15, 0.2) is 0 Å². The molecule has 1 rings (SSSR count). The molecule has 0 spiro atoms. The van der Waals surface area contributed by atoms with Crippen LogP contribution in [0.3, 0.4) is 0 Å². The van der Waals surface area contributed by atoms with Gasteiger partial charge in [0.05, 0.1) is 12.3 Å². The van der Waals surface area contributed by atoms with Crippen LogP contribution in [0.5, 0.6) is 0 Å². The van der Waals surface area contributed by atoms with E-state index in [-0.39, 0.29) is 0 Å². The Morgan fingerprint density at radius 3 is 2.67 bits per heavy atom. The van der Waals surface area contributed by atoms with Crippen LogP contribution in [0.15, 0.2) is 18.5 Å². The minimum Gasteiger partial charge on any atom is -0.389 e. The summed E-state index contributed by atoms with van der Waals surface area (Å²) in [6.07, 6.45) is 2.66. The molecule has 0 aliphatic heterocycles. The number of aliphatic hydroxyl groups is 1. The first-order chi connectivity index (χ1) is 4.30. The molecule has 0 radical (unpaired) electrons. The Bertz CT molecular complexity index is 174. The Morgan fingerprint density at radius 1 is 1.56 bits per heavy atom. The number of nitrogens with zero attached hydrogens (tertiary/aromatic N) is 2. The van der Waals surface area contributed by atoms with E-state index in [1.54, 1.807) is 25.4 Å². The minimum absolute atomic E-state index is 0.444. The normalized spacial score (nSPS) is 13.1. The van der Waals surface area contributed by atoms with Crippen LogP contribution in [0.1, 0.15) is 18.6 Å². The van der Waals surface area contributed by atoms with Crippen molar-refractivity contribution in [3.05, 3.63) is 24.0 Å². The molecular formula is C6H8N2O. The van der Waals surface area contributed by atoms with E-state index in [0.717, 1.165) is 5.56 Å². The predicted octanol–water partition coefficient (Wildman–Crippen LogP) is 0.530.